The van der Waals surface area contributed by atoms with Gasteiger partial charge in [0, 0.05) is 0 Å². The number of rotatable bonds is 1. The maximum absolute atomic E-state index is 12.8. The molecular weight excluding hydrogens is 245 g/mol. The lowest BCUT2D eigenvalue weighted by atomic mass is 10.1. The van der Waals surface area contributed by atoms with E-state index in [1.807, 2.05) is 0 Å². The van der Waals surface area contributed by atoms with Gasteiger partial charge in [0.1, 0.15) is 11.3 Å². The highest BCUT2D eigenvalue weighted by atomic mass is 19.4. The largest absolute Gasteiger partial charge is 0.422 e. The fourth-order valence-corrected chi connectivity index (χ4v) is 1.01. The highest BCUT2D eigenvalue weighted by Crippen LogP contribution is 2.38. The van der Waals surface area contributed by atoms with Gasteiger partial charge in [-0.1, -0.05) is 0 Å². The zero-order valence-corrected chi connectivity index (χ0v) is 7.22. The number of benzene rings is 1. The van der Waals surface area contributed by atoms with Crippen molar-refractivity contribution in [3.63, 3.8) is 0 Å². The van der Waals surface area contributed by atoms with Crippen LogP contribution in [0, 0.1) is 23.3 Å². The number of nitrogen functional groups attached to an aromatic ring is 1. The number of hydrogen-bond acceptors (Lipinski definition) is 2. The van der Waals surface area contributed by atoms with Gasteiger partial charge in [0.25, 0.3) is 0 Å². The molecule has 0 spiro atoms. The van der Waals surface area contributed by atoms with Crippen LogP contribution < -0.4 is 11.3 Å². The van der Waals surface area contributed by atoms with Crippen LogP contribution in [0.15, 0.2) is 0 Å². The van der Waals surface area contributed by atoms with Gasteiger partial charge in [0.2, 0.25) is 0 Å². The topological polar surface area (TPSA) is 38.0 Å². The van der Waals surface area contributed by atoms with Gasteiger partial charge in [0.15, 0.2) is 23.3 Å². The first-order valence-corrected chi connectivity index (χ1v) is 3.61. The minimum atomic E-state index is -5.55. The molecule has 0 saturated heterocycles. The van der Waals surface area contributed by atoms with E-state index in [1.54, 1.807) is 0 Å². The van der Waals surface area contributed by atoms with Crippen molar-refractivity contribution >= 4 is 5.69 Å². The summed E-state index contributed by atoms with van der Waals surface area (Å²) in [5.74, 6) is -5.09. The maximum atomic E-state index is 12.8. The molecule has 1 aromatic rings. The number of nitrogens with two attached hydrogens (primary N) is 1. The minimum Gasteiger partial charge on any atom is -0.319 e. The number of anilines is 1. The molecule has 0 aromatic heterocycles. The standard InChI is InChI=1S/C7H3F7N2/c8-2-1(7(12,13)14)3(9)5(11)6(16-15)4(2)10/h16H,15H2. The molecule has 0 aliphatic heterocycles. The minimum absolute atomic E-state index is 1.23. The quantitative estimate of drug-likeness (QED) is 0.347. The third kappa shape index (κ3) is 1.77. The lowest BCUT2D eigenvalue weighted by Crippen LogP contribution is -2.19. The average Bonchev–Trinajstić information content (AvgIpc) is 2.14. The summed E-state index contributed by atoms with van der Waals surface area (Å²) in [6.07, 6.45) is -5.55. The molecule has 3 N–H and O–H groups in total. The zero-order chi connectivity index (χ0) is 12.7. The summed E-state index contributed by atoms with van der Waals surface area (Å²) in [6.45, 7) is 0. The van der Waals surface area contributed by atoms with E-state index >= 15 is 0 Å². The Morgan fingerprint density at radius 3 is 1.44 bits per heavy atom. The summed E-state index contributed by atoms with van der Waals surface area (Å²) in [5, 5.41) is 0. The van der Waals surface area contributed by atoms with E-state index in [0.29, 0.717) is 0 Å². The van der Waals surface area contributed by atoms with Crippen molar-refractivity contribution in [3.8, 4) is 0 Å². The van der Waals surface area contributed by atoms with Gasteiger partial charge in [-0.15, -0.1) is 0 Å². The number of hydrogen-bond donors (Lipinski definition) is 2. The summed E-state index contributed by atoms with van der Waals surface area (Å²) in [6, 6.07) is 0. The van der Waals surface area contributed by atoms with Crippen LogP contribution in [0.5, 0.6) is 0 Å². The third-order valence-corrected chi connectivity index (χ3v) is 1.69. The molecule has 0 amide bonds. The van der Waals surface area contributed by atoms with Crippen molar-refractivity contribution < 1.29 is 30.7 Å². The highest BCUT2D eigenvalue weighted by Gasteiger charge is 2.42. The van der Waals surface area contributed by atoms with Crippen molar-refractivity contribution in [1.29, 1.82) is 0 Å². The van der Waals surface area contributed by atoms with Gasteiger partial charge >= 0.3 is 6.18 Å². The van der Waals surface area contributed by atoms with Crippen LogP contribution in [-0.2, 0) is 6.18 Å². The smallest absolute Gasteiger partial charge is 0.319 e. The lowest BCUT2D eigenvalue weighted by Gasteiger charge is -2.13. The molecule has 0 radical (unpaired) electrons. The van der Waals surface area contributed by atoms with Crippen LogP contribution in [0.3, 0.4) is 0 Å². The van der Waals surface area contributed by atoms with Crippen LogP contribution in [-0.4, -0.2) is 0 Å². The lowest BCUT2D eigenvalue weighted by molar-refractivity contribution is -0.143. The number of halogens is 7. The SMILES string of the molecule is NNc1c(F)c(F)c(C(F)(F)F)c(F)c1F. The molecule has 1 rings (SSSR count). The second-order valence-electron chi connectivity index (χ2n) is 2.65. The van der Waals surface area contributed by atoms with E-state index < -0.39 is 40.7 Å². The second-order valence-corrected chi connectivity index (χ2v) is 2.65. The monoisotopic (exact) mass is 248 g/mol. The van der Waals surface area contributed by atoms with Crippen molar-refractivity contribution in [2.45, 2.75) is 6.18 Å². The predicted octanol–water partition coefficient (Wildman–Crippen LogP) is 2.55. The van der Waals surface area contributed by atoms with Crippen molar-refractivity contribution in [3.05, 3.63) is 28.8 Å². The molecule has 0 saturated carbocycles. The Labute approximate surface area is 83.8 Å². The predicted molar refractivity (Wildman–Crippen MR) is 39.1 cm³/mol. The third-order valence-electron chi connectivity index (χ3n) is 1.69. The molecule has 0 aliphatic carbocycles. The van der Waals surface area contributed by atoms with Gasteiger partial charge in [-0.3, -0.25) is 5.84 Å². The summed E-state index contributed by atoms with van der Waals surface area (Å²) in [5.41, 5.74) is -2.92. The molecule has 16 heavy (non-hydrogen) atoms. The first-order chi connectivity index (χ1) is 7.21. The molecule has 0 aliphatic rings. The molecule has 9 heteroatoms. The van der Waals surface area contributed by atoms with E-state index in [-0.39, 0.29) is 0 Å². The van der Waals surface area contributed by atoms with Crippen LogP contribution >= 0.6 is 0 Å². The van der Waals surface area contributed by atoms with Crippen LogP contribution in [0.2, 0.25) is 0 Å². The Balaban J connectivity index is 3.67. The van der Waals surface area contributed by atoms with Gasteiger partial charge in [-0.25, -0.2) is 17.6 Å². The van der Waals surface area contributed by atoms with E-state index in [1.165, 1.54) is 5.43 Å². The van der Waals surface area contributed by atoms with Gasteiger partial charge in [-0.2, -0.15) is 13.2 Å². The number of nitrogens with one attached hydrogen (secondary N) is 1. The Hall–Kier alpha value is -1.51. The summed E-state index contributed by atoms with van der Waals surface area (Å²) in [4.78, 5) is 0. The Morgan fingerprint density at radius 2 is 1.19 bits per heavy atom. The van der Waals surface area contributed by atoms with Gasteiger partial charge in [0.05, 0.1) is 0 Å². The molecule has 90 valence electrons. The molecular formula is C7H3F7N2. The molecule has 0 atom stereocenters. The van der Waals surface area contributed by atoms with Crippen molar-refractivity contribution in [1.82, 2.24) is 0 Å². The molecule has 2 nitrogen and oxygen atoms in total. The summed E-state index contributed by atoms with van der Waals surface area (Å²) in [7, 11) is 0. The van der Waals surface area contributed by atoms with E-state index in [2.05, 4.69) is 5.84 Å². The Morgan fingerprint density at radius 1 is 0.812 bits per heavy atom. The molecule has 0 bridgehead atoms. The first-order valence-electron chi connectivity index (χ1n) is 3.61. The van der Waals surface area contributed by atoms with Crippen LogP contribution in [0.4, 0.5) is 36.4 Å². The Kier molecular flexibility index (Phi) is 2.99. The van der Waals surface area contributed by atoms with Crippen molar-refractivity contribution in [2.75, 3.05) is 5.43 Å². The van der Waals surface area contributed by atoms with Gasteiger partial charge in [-0.05, 0) is 0 Å². The molecule has 0 heterocycles. The fraction of sp³-hybridized carbons (Fsp3) is 0.143. The zero-order valence-electron chi connectivity index (χ0n) is 7.22. The first kappa shape index (κ1) is 12.6. The highest BCUT2D eigenvalue weighted by molar-refractivity contribution is 5.49. The average molecular weight is 248 g/mol. The van der Waals surface area contributed by atoms with Crippen LogP contribution in [0.25, 0.3) is 0 Å². The van der Waals surface area contributed by atoms with E-state index in [4.69, 9.17) is 0 Å². The normalized spacial score (nSPS) is 11.8. The second kappa shape index (κ2) is 3.81. The molecule has 1 aromatic carbocycles. The number of hydrazine groups is 1. The van der Waals surface area contributed by atoms with Crippen molar-refractivity contribution in [2.24, 2.45) is 5.84 Å². The molecule has 0 unspecified atom stereocenters. The van der Waals surface area contributed by atoms with Gasteiger partial charge < -0.3 is 5.43 Å². The Bertz CT molecular complexity index is 397. The fourth-order valence-electron chi connectivity index (χ4n) is 1.01. The number of alkyl halides is 3. The molecule has 0 fully saturated rings. The van der Waals surface area contributed by atoms with Crippen LogP contribution in [0.1, 0.15) is 5.56 Å². The summed E-state index contributed by atoms with van der Waals surface area (Å²) < 4.78 is 87.3. The van der Waals surface area contributed by atoms with E-state index in [0.717, 1.165) is 0 Å². The summed E-state index contributed by atoms with van der Waals surface area (Å²) >= 11 is 0. The maximum Gasteiger partial charge on any atom is 0.422 e. The van der Waals surface area contributed by atoms with E-state index in [9.17, 15) is 30.7 Å².